The van der Waals surface area contributed by atoms with E-state index in [1.165, 1.54) is 11.1 Å². The van der Waals surface area contributed by atoms with Crippen LogP contribution < -0.4 is 15.4 Å². The summed E-state index contributed by atoms with van der Waals surface area (Å²) in [7, 11) is 0.187. The smallest absolute Gasteiger partial charge is 0.231 e. The molecule has 0 spiro atoms. The minimum atomic E-state index is -3.57. The van der Waals surface area contributed by atoms with Gasteiger partial charge in [-0.2, -0.15) is 9.97 Å². The molecule has 0 aliphatic carbocycles. The number of ether oxygens (including phenoxy) is 1. The zero-order chi connectivity index (χ0) is 29.4. The molecular weight excluding hydrogens is 550 g/mol. The molecule has 0 saturated heterocycles. The van der Waals surface area contributed by atoms with Gasteiger partial charge in [0.15, 0.2) is 9.84 Å². The Morgan fingerprint density at radius 3 is 2.62 bits per heavy atom. The summed E-state index contributed by atoms with van der Waals surface area (Å²) < 4.78 is 32.2. The van der Waals surface area contributed by atoms with Gasteiger partial charge in [-0.3, -0.25) is 4.98 Å². The van der Waals surface area contributed by atoms with Crippen molar-refractivity contribution in [3.8, 4) is 16.9 Å². The maximum atomic E-state index is 13.2. The molecule has 11 heteroatoms. The third kappa shape index (κ3) is 5.17. The fraction of sp³-hybridized carbons (Fsp3) is 0.258. The number of hydrogen-bond donors (Lipinski definition) is 3. The van der Waals surface area contributed by atoms with Gasteiger partial charge in [-0.1, -0.05) is 18.2 Å². The fourth-order valence-corrected chi connectivity index (χ4v) is 6.45. The van der Waals surface area contributed by atoms with E-state index in [1.54, 1.807) is 57.6 Å². The van der Waals surface area contributed by atoms with Gasteiger partial charge >= 0.3 is 0 Å². The average Bonchev–Trinajstić information content (AvgIpc) is 3.42. The summed E-state index contributed by atoms with van der Waals surface area (Å²) in [5.41, 5.74) is 5.96. The van der Waals surface area contributed by atoms with Crippen LogP contribution in [0.3, 0.4) is 0 Å². The first-order valence-corrected chi connectivity index (χ1v) is 15.3. The number of sulfone groups is 1. The largest absolute Gasteiger partial charge is 0.495 e. The van der Waals surface area contributed by atoms with Crippen LogP contribution in [-0.2, 0) is 22.8 Å². The van der Waals surface area contributed by atoms with Crippen LogP contribution >= 0.6 is 0 Å². The lowest BCUT2D eigenvalue weighted by atomic mass is 9.99. The van der Waals surface area contributed by atoms with Gasteiger partial charge in [-0.25, -0.2) is 8.42 Å². The Hall–Kier alpha value is -4.48. The molecule has 1 aliphatic rings. The molecule has 1 aliphatic heterocycles. The molecule has 4 heterocycles. The Labute approximate surface area is 245 Å². The SMILES string of the molecule is COc1cc2c(cc1Nc1nc(Nc3ccccc3S(=O)(=O)C(C)C)c3c(-c4cccnc4)c[nH]c3n1)CN(C)CC2. The van der Waals surface area contributed by atoms with Crippen molar-refractivity contribution in [1.82, 2.24) is 24.8 Å². The summed E-state index contributed by atoms with van der Waals surface area (Å²) in [6.07, 6.45) is 6.30. The van der Waals surface area contributed by atoms with Crippen molar-refractivity contribution >= 4 is 44.0 Å². The highest BCUT2D eigenvalue weighted by Crippen LogP contribution is 2.38. The summed E-state index contributed by atoms with van der Waals surface area (Å²) in [4.78, 5) is 19.7. The van der Waals surface area contributed by atoms with Gasteiger partial charge in [0.25, 0.3) is 0 Å². The van der Waals surface area contributed by atoms with Crippen molar-refractivity contribution in [2.75, 3.05) is 31.3 Å². The van der Waals surface area contributed by atoms with Crippen LogP contribution in [0.1, 0.15) is 25.0 Å². The molecule has 3 N–H and O–H groups in total. The maximum absolute atomic E-state index is 13.2. The summed E-state index contributed by atoms with van der Waals surface area (Å²) in [6, 6.07) is 14.9. The topological polar surface area (TPSA) is 125 Å². The molecule has 2 aromatic carbocycles. The Kier molecular flexibility index (Phi) is 7.29. The predicted molar refractivity (Wildman–Crippen MR) is 165 cm³/mol. The van der Waals surface area contributed by atoms with Crippen LogP contribution in [0.2, 0.25) is 0 Å². The van der Waals surface area contributed by atoms with Crippen molar-refractivity contribution in [2.45, 2.75) is 37.0 Å². The van der Waals surface area contributed by atoms with E-state index in [4.69, 9.17) is 14.7 Å². The summed E-state index contributed by atoms with van der Waals surface area (Å²) >= 11 is 0. The number of pyridine rings is 1. The van der Waals surface area contributed by atoms with Gasteiger partial charge in [0.1, 0.15) is 17.2 Å². The van der Waals surface area contributed by atoms with Gasteiger partial charge in [0, 0.05) is 42.8 Å². The number of nitrogens with one attached hydrogen (secondary N) is 3. The van der Waals surface area contributed by atoms with Crippen molar-refractivity contribution in [3.05, 3.63) is 78.2 Å². The molecule has 10 nitrogen and oxygen atoms in total. The first-order chi connectivity index (χ1) is 20.2. The molecule has 0 radical (unpaired) electrons. The quantitative estimate of drug-likeness (QED) is 0.211. The highest BCUT2D eigenvalue weighted by atomic mass is 32.2. The molecule has 6 rings (SSSR count). The van der Waals surface area contributed by atoms with Crippen LogP contribution in [0.4, 0.5) is 23.1 Å². The van der Waals surface area contributed by atoms with Crippen LogP contribution in [0, 0.1) is 0 Å². The van der Waals surface area contributed by atoms with E-state index in [-0.39, 0.29) is 4.90 Å². The third-order valence-electron chi connectivity index (χ3n) is 7.54. The lowest BCUT2D eigenvalue weighted by Gasteiger charge is -2.26. The number of aromatic amines is 1. The standard InChI is InChI=1S/C31H33N7O3S/c1-19(2)42(39,40)27-10-6-5-9-24(27)34-30-28-23(21-8-7-12-32-16-21)17-33-29(28)36-31(37-30)35-25-14-22-18-38(3)13-11-20(22)15-26(25)41-4/h5-10,12,14-17,19H,11,13,18H2,1-4H3,(H3,33,34,35,36,37). The lowest BCUT2D eigenvalue weighted by molar-refractivity contribution is 0.312. The maximum Gasteiger partial charge on any atom is 0.231 e. The van der Waals surface area contributed by atoms with Crippen molar-refractivity contribution < 1.29 is 13.2 Å². The molecule has 0 amide bonds. The molecule has 216 valence electrons. The Morgan fingerprint density at radius 1 is 1.02 bits per heavy atom. The number of H-pyrrole nitrogens is 1. The van der Waals surface area contributed by atoms with E-state index in [0.717, 1.165) is 36.3 Å². The van der Waals surface area contributed by atoms with E-state index in [9.17, 15) is 8.42 Å². The Balaban J connectivity index is 1.49. The molecule has 42 heavy (non-hydrogen) atoms. The third-order valence-corrected chi connectivity index (χ3v) is 9.75. The number of para-hydroxylation sites is 1. The minimum Gasteiger partial charge on any atom is -0.495 e. The Bertz CT molecular complexity index is 1870. The molecule has 0 fully saturated rings. The normalized spacial score (nSPS) is 13.7. The number of anilines is 4. The van der Waals surface area contributed by atoms with Gasteiger partial charge in [-0.05, 0) is 68.8 Å². The second kappa shape index (κ2) is 11.1. The van der Waals surface area contributed by atoms with Crippen LogP contribution in [0.15, 0.2) is 72.0 Å². The molecular formula is C31H33N7O3S. The first-order valence-electron chi connectivity index (χ1n) is 13.8. The number of aromatic nitrogens is 4. The average molecular weight is 584 g/mol. The Morgan fingerprint density at radius 2 is 1.86 bits per heavy atom. The van der Waals surface area contributed by atoms with E-state index in [2.05, 4.69) is 44.7 Å². The summed E-state index contributed by atoms with van der Waals surface area (Å²) in [5, 5.41) is 6.82. The number of benzene rings is 2. The number of fused-ring (bicyclic) bond motifs is 2. The highest BCUT2D eigenvalue weighted by molar-refractivity contribution is 7.92. The molecule has 0 unspecified atom stereocenters. The van der Waals surface area contributed by atoms with Gasteiger partial charge in [0.2, 0.25) is 5.95 Å². The monoisotopic (exact) mass is 583 g/mol. The van der Waals surface area contributed by atoms with Crippen LogP contribution in [0.25, 0.3) is 22.2 Å². The van der Waals surface area contributed by atoms with Crippen molar-refractivity contribution in [1.29, 1.82) is 0 Å². The molecule has 0 atom stereocenters. The highest BCUT2D eigenvalue weighted by Gasteiger charge is 2.24. The summed E-state index contributed by atoms with van der Waals surface area (Å²) in [5.74, 6) is 1.48. The molecule has 0 bridgehead atoms. The van der Waals surface area contributed by atoms with Gasteiger partial charge in [-0.15, -0.1) is 0 Å². The van der Waals surface area contributed by atoms with Gasteiger partial charge in [0.05, 0.1) is 34.0 Å². The second-order valence-corrected chi connectivity index (χ2v) is 13.2. The fourth-order valence-electron chi connectivity index (χ4n) is 5.24. The van der Waals surface area contributed by atoms with E-state index >= 15 is 0 Å². The molecule has 5 aromatic rings. The first kappa shape index (κ1) is 27.7. The van der Waals surface area contributed by atoms with Crippen molar-refractivity contribution in [3.63, 3.8) is 0 Å². The zero-order valence-electron chi connectivity index (χ0n) is 24.0. The van der Waals surface area contributed by atoms with Crippen molar-refractivity contribution in [2.24, 2.45) is 0 Å². The zero-order valence-corrected chi connectivity index (χ0v) is 24.8. The molecule has 0 saturated carbocycles. The van der Waals surface area contributed by atoms with E-state index in [1.807, 2.05) is 18.3 Å². The van der Waals surface area contributed by atoms with Crippen LogP contribution in [-0.4, -0.2) is 59.2 Å². The number of methoxy groups -OCH3 is 1. The summed E-state index contributed by atoms with van der Waals surface area (Å²) in [6.45, 7) is 5.19. The molecule has 3 aromatic heterocycles. The number of likely N-dealkylation sites (N-methyl/N-ethyl adjacent to an activating group) is 1. The van der Waals surface area contributed by atoms with E-state index in [0.29, 0.717) is 34.2 Å². The van der Waals surface area contributed by atoms with E-state index < -0.39 is 15.1 Å². The lowest BCUT2D eigenvalue weighted by Crippen LogP contribution is -2.26. The minimum absolute atomic E-state index is 0.209. The number of nitrogens with zero attached hydrogens (tertiary/aromatic N) is 4. The van der Waals surface area contributed by atoms with Gasteiger partial charge < -0.3 is 25.3 Å². The number of hydrogen-bond acceptors (Lipinski definition) is 9. The number of rotatable bonds is 8. The predicted octanol–water partition coefficient (Wildman–Crippen LogP) is 5.69. The second-order valence-electron chi connectivity index (χ2n) is 10.7. The van der Waals surface area contributed by atoms with Crippen LogP contribution in [0.5, 0.6) is 5.75 Å².